The highest BCUT2D eigenvalue weighted by atomic mass is 35.5. The van der Waals surface area contributed by atoms with Crippen LogP contribution >= 0.6 is 23.2 Å². The zero-order valence-electron chi connectivity index (χ0n) is 10.6. The molecule has 21 heavy (non-hydrogen) atoms. The standard InChI is InChI=1S/C14H9Cl2N3O2/c15-8-3-4-9(10(16)6-8)13-18-11-2-1-5-17-14(11)19(13)7-12(20)21/h1-6H,7H2,(H,20,21). The van der Waals surface area contributed by atoms with Gasteiger partial charge >= 0.3 is 5.97 Å². The van der Waals surface area contributed by atoms with Gasteiger partial charge in [0.15, 0.2) is 5.65 Å². The molecule has 0 fully saturated rings. The van der Waals surface area contributed by atoms with Gasteiger partial charge < -0.3 is 5.11 Å². The highest BCUT2D eigenvalue weighted by molar-refractivity contribution is 6.36. The molecule has 2 heterocycles. The van der Waals surface area contributed by atoms with Gasteiger partial charge in [-0.25, -0.2) is 9.97 Å². The number of halogens is 2. The van der Waals surface area contributed by atoms with E-state index in [1.807, 2.05) is 0 Å². The predicted octanol–water partition coefficient (Wildman–Crippen LogP) is 3.49. The molecule has 0 amide bonds. The Hall–Kier alpha value is -2.11. The van der Waals surface area contributed by atoms with Crippen LogP contribution < -0.4 is 0 Å². The third-order valence-electron chi connectivity index (χ3n) is 2.97. The largest absolute Gasteiger partial charge is 0.480 e. The summed E-state index contributed by atoms with van der Waals surface area (Å²) in [5.74, 6) is -0.529. The Morgan fingerprint density at radius 2 is 2.10 bits per heavy atom. The number of carboxylic acid groups (broad SMARTS) is 1. The van der Waals surface area contributed by atoms with Gasteiger partial charge in [0.25, 0.3) is 0 Å². The van der Waals surface area contributed by atoms with E-state index in [0.29, 0.717) is 32.6 Å². The molecule has 0 aliphatic carbocycles. The van der Waals surface area contributed by atoms with Crippen LogP contribution in [-0.2, 0) is 11.3 Å². The molecule has 0 aliphatic rings. The van der Waals surface area contributed by atoms with Crippen LogP contribution in [0.3, 0.4) is 0 Å². The Morgan fingerprint density at radius 1 is 1.29 bits per heavy atom. The fourth-order valence-electron chi connectivity index (χ4n) is 2.12. The van der Waals surface area contributed by atoms with E-state index in [1.54, 1.807) is 36.5 Å². The maximum atomic E-state index is 11.1. The number of hydrogen-bond acceptors (Lipinski definition) is 3. The molecule has 0 saturated heterocycles. The summed E-state index contributed by atoms with van der Waals surface area (Å²) in [6.45, 7) is -0.248. The van der Waals surface area contributed by atoms with Gasteiger partial charge in [-0.05, 0) is 30.3 Å². The summed E-state index contributed by atoms with van der Waals surface area (Å²) >= 11 is 12.1. The maximum absolute atomic E-state index is 11.1. The highest BCUT2D eigenvalue weighted by Crippen LogP contribution is 2.31. The van der Waals surface area contributed by atoms with E-state index in [9.17, 15) is 4.79 Å². The quantitative estimate of drug-likeness (QED) is 0.801. The number of imidazole rings is 1. The second-order valence-corrected chi connectivity index (χ2v) is 5.23. The van der Waals surface area contributed by atoms with Gasteiger partial charge in [0, 0.05) is 16.8 Å². The minimum Gasteiger partial charge on any atom is -0.480 e. The molecule has 1 aromatic carbocycles. The molecule has 0 aliphatic heterocycles. The van der Waals surface area contributed by atoms with Gasteiger partial charge in [-0.1, -0.05) is 23.2 Å². The Morgan fingerprint density at radius 3 is 2.81 bits per heavy atom. The smallest absolute Gasteiger partial charge is 0.323 e. The van der Waals surface area contributed by atoms with Crippen molar-refractivity contribution in [3.63, 3.8) is 0 Å². The Balaban J connectivity index is 2.28. The highest BCUT2D eigenvalue weighted by Gasteiger charge is 2.17. The Bertz CT molecular complexity index is 845. The number of pyridine rings is 1. The molecule has 106 valence electrons. The van der Waals surface area contributed by atoms with Crippen molar-refractivity contribution in [3.8, 4) is 11.4 Å². The molecule has 3 rings (SSSR count). The summed E-state index contributed by atoms with van der Waals surface area (Å²) in [5.41, 5.74) is 1.72. The van der Waals surface area contributed by atoms with Gasteiger partial charge in [-0.3, -0.25) is 9.36 Å². The zero-order valence-corrected chi connectivity index (χ0v) is 12.1. The van der Waals surface area contributed by atoms with Gasteiger partial charge in [0.2, 0.25) is 0 Å². The summed E-state index contributed by atoms with van der Waals surface area (Å²) in [6, 6.07) is 8.50. The molecule has 0 spiro atoms. The molecule has 1 N–H and O–H groups in total. The first-order valence-electron chi connectivity index (χ1n) is 6.05. The van der Waals surface area contributed by atoms with Crippen LogP contribution in [-0.4, -0.2) is 25.6 Å². The van der Waals surface area contributed by atoms with Gasteiger partial charge in [-0.2, -0.15) is 0 Å². The van der Waals surface area contributed by atoms with Crippen LogP contribution in [0.4, 0.5) is 0 Å². The third kappa shape index (κ3) is 2.57. The van der Waals surface area contributed by atoms with Crippen molar-refractivity contribution >= 4 is 40.3 Å². The van der Waals surface area contributed by atoms with Crippen LogP contribution in [0.5, 0.6) is 0 Å². The first-order valence-corrected chi connectivity index (χ1v) is 6.80. The second kappa shape index (κ2) is 5.35. The van der Waals surface area contributed by atoms with Gasteiger partial charge in [0.1, 0.15) is 17.9 Å². The normalized spacial score (nSPS) is 11.0. The minimum absolute atomic E-state index is 0.248. The van der Waals surface area contributed by atoms with E-state index < -0.39 is 5.97 Å². The molecule has 0 saturated carbocycles. The number of nitrogens with zero attached hydrogens (tertiary/aromatic N) is 3. The SMILES string of the molecule is O=C(O)Cn1c(-c2ccc(Cl)cc2Cl)nc2cccnc21. The first-order chi connectivity index (χ1) is 10.1. The number of benzene rings is 1. The third-order valence-corrected chi connectivity index (χ3v) is 3.52. The molecule has 5 nitrogen and oxygen atoms in total. The molecule has 2 aromatic heterocycles. The zero-order chi connectivity index (χ0) is 15.0. The number of aromatic nitrogens is 3. The number of carbonyl (C=O) groups is 1. The molecule has 0 unspecified atom stereocenters. The Labute approximate surface area is 129 Å². The number of aliphatic carboxylic acids is 1. The number of fused-ring (bicyclic) bond motifs is 1. The molecular formula is C14H9Cl2N3O2. The van der Waals surface area contributed by atoms with E-state index in [-0.39, 0.29) is 6.54 Å². The number of hydrogen-bond donors (Lipinski definition) is 1. The van der Waals surface area contributed by atoms with E-state index >= 15 is 0 Å². The van der Waals surface area contributed by atoms with Crippen molar-refractivity contribution in [3.05, 3.63) is 46.6 Å². The second-order valence-electron chi connectivity index (χ2n) is 4.39. The average molecular weight is 322 g/mol. The predicted molar refractivity (Wildman–Crippen MR) is 80.6 cm³/mol. The average Bonchev–Trinajstić information content (AvgIpc) is 2.77. The van der Waals surface area contributed by atoms with E-state index in [4.69, 9.17) is 28.3 Å². The van der Waals surface area contributed by atoms with Crippen LogP contribution in [0.2, 0.25) is 10.0 Å². The van der Waals surface area contributed by atoms with Crippen molar-refractivity contribution < 1.29 is 9.90 Å². The lowest BCUT2D eigenvalue weighted by Gasteiger charge is -2.07. The summed E-state index contributed by atoms with van der Waals surface area (Å²) < 4.78 is 1.52. The molecule has 0 atom stereocenters. The molecule has 0 radical (unpaired) electrons. The van der Waals surface area contributed by atoms with Crippen LogP contribution in [0.15, 0.2) is 36.5 Å². The summed E-state index contributed by atoms with van der Waals surface area (Å²) in [5, 5.41) is 10.0. The topological polar surface area (TPSA) is 68.0 Å². The van der Waals surface area contributed by atoms with Crippen LogP contribution in [0.1, 0.15) is 0 Å². The van der Waals surface area contributed by atoms with Crippen LogP contribution in [0, 0.1) is 0 Å². The van der Waals surface area contributed by atoms with E-state index in [1.165, 1.54) is 4.57 Å². The van der Waals surface area contributed by atoms with E-state index in [0.717, 1.165) is 0 Å². The van der Waals surface area contributed by atoms with Crippen molar-refractivity contribution in [2.75, 3.05) is 0 Å². The Kier molecular flexibility index (Phi) is 3.53. The molecular weight excluding hydrogens is 313 g/mol. The number of rotatable bonds is 3. The first kappa shape index (κ1) is 13.9. The van der Waals surface area contributed by atoms with E-state index in [2.05, 4.69) is 9.97 Å². The minimum atomic E-state index is -0.980. The van der Waals surface area contributed by atoms with Gasteiger partial charge in [-0.15, -0.1) is 0 Å². The fourth-order valence-corrected chi connectivity index (χ4v) is 2.61. The lowest BCUT2D eigenvalue weighted by atomic mass is 10.2. The molecule has 3 aromatic rings. The lowest BCUT2D eigenvalue weighted by molar-refractivity contribution is -0.137. The lowest BCUT2D eigenvalue weighted by Crippen LogP contribution is -2.10. The maximum Gasteiger partial charge on any atom is 0.323 e. The van der Waals surface area contributed by atoms with Crippen molar-refractivity contribution in [2.24, 2.45) is 0 Å². The van der Waals surface area contributed by atoms with Crippen molar-refractivity contribution in [2.45, 2.75) is 6.54 Å². The molecule has 0 bridgehead atoms. The number of carboxylic acids is 1. The van der Waals surface area contributed by atoms with Crippen molar-refractivity contribution in [1.82, 2.24) is 14.5 Å². The summed E-state index contributed by atoms with van der Waals surface area (Å²) in [7, 11) is 0. The van der Waals surface area contributed by atoms with Gasteiger partial charge in [0.05, 0.1) is 5.02 Å². The monoisotopic (exact) mass is 321 g/mol. The fraction of sp³-hybridized carbons (Fsp3) is 0.0714. The summed E-state index contributed by atoms with van der Waals surface area (Å²) in [6.07, 6.45) is 1.59. The summed E-state index contributed by atoms with van der Waals surface area (Å²) in [4.78, 5) is 19.7. The van der Waals surface area contributed by atoms with Crippen molar-refractivity contribution in [1.29, 1.82) is 0 Å². The van der Waals surface area contributed by atoms with Crippen LogP contribution in [0.25, 0.3) is 22.6 Å². The molecule has 7 heteroatoms.